The Morgan fingerprint density at radius 2 is 2.11 bits per heavy atom. The van der Waals surface area contributed by atoms with Crippen LogP contribution in [0.25, 0.3) is 0 Å². The van der Waals surface area contributed by atoms with E-state index in [1.807, 2.05) is 50.7 Å². The number of benzene rings is 1. The molecule has 0 bridgehead atoms. The maximum absolute atomic E-state index is 5.96. The summed E-state index contributed by atoms with van der Waals surface area (Å²) in [6.07, 6.45) is 0.849. The van der Waals surface area contributed by atoms with Crippen molar-refractivity contribution < 1.29 is 4.74 Å². The SMILES string of the molecule is Cc1nn(C)c(C)c1Oc1cccc(CC(C)N)c1. The molecule has 0 spiro atoms. The zero-order chi connectivity index (χ0) is 14.0. The van der Waals surface area contributed by atoms with Gasteiger partial charge in [0.1, 0.15) is 11.4 Å². The molecule has 1 aromatic carbocycles. The molecule has 2 aromatic rings. The molecule has 1 aromatic heterocycles. The smallest absolute Gasteiger partial charge is 0.171 e. The van der Waals surface area contributed by atoms with Crippen LogP contribution < -0.4 is 10.5 Å². The lowest BCUT2D eigenvalue weighted by Crippen LogP contribution is -2.17. The van der Waals surface area contributed by atoms with Gasteiger partial charge in [-0.25, -0.2) is 0 Å². The highest BCUT2D eigenvalue weighted by Crippen LogP contribution is 2.28. The first-order valence-electron chi connectivity index (χ1n) is 6.50. The summed E-state index contributed by atoms with van der Waals surface area (Å²) in [4.78, 5) is 0. The Bertz CT molecular complexity index is 573. The Morgan fingerprint density at radius 1 is 1.37 bits per heavy atom. The van der Waals surface area contributed by atoms with E-state index < -0.39 is 0 Å². The third-order valence-corrected chi connectivity index (χ3v) is 3.12. The van der Waals surface area contributed by atoms with Gasteiger partial charge in [-0.1, -0.05) is 12.1 Å². The molecule has 4 nitrogen and oxygen atoms in total. The molecular formula is C15H21N3O. The van der Waals surface area contributed by atoms with Gasteiger partial charge < -0.3 is 10.5 Å². The molecule has 102 valence electrons. The second-order valence-electron chi connectivity index (χ2n) is 5.05. The predicted octanol–water partition coefficient (Wildman–Crippen LogP) is 2.72. The fraction of sp³-hybridized carbons (Fsp3) is 0.400. The van der Waals surface area contributed by atoms with Gasteiger partial charge in [-0.15, -0.1) is 0 Å². The van der Waals surface area contributed by atoms with Gasteiger partial charge in [-0.2, -0.15) is 5.10 Å². The van der Waals surface area contributed by atoms with Gasteiger partial charge in [0.2, 0.25) is 0 Å². The quantitative estimate of drug-likeness (QED) is 0.918. The van der Waals surface area contributed by atoms with Crippen molar-refractivity contribution in [2.24, 2.45) is 12.8 Å². The maximum atomic E-state index is 5.96. The third-order valence-electron chi connectivity index (χ3n) is 3.12. The minimum atomic E-state index is 0.150. The lowest BCUT2D eigenvalue weighted by Gasteiger charge is -2.09. The molecule has 4 heteroatoms. The Labute approximate surface area is 114 Å². The Hall–Kier alpha value is -1.81. The molecular weight excluding hydrogens is 238 g/mol. The number of nitrogens with two attached hydrogens (primary N) is 1. The van der Waals surface area contributed by atoms with Crippen LogP contribution in [0, 0.1) is 13.8 Å². The van der Waals surface area contributed by atoms with Crippen molar-refractivity contribution in [1.82, 2.24) is 9.78 Å². The number of aryl methyl sites for hydroxylation is 2. The third kappa shape index (κ3) is 3.15. The molecule has 0 fully saturated rings. The highest BCUT2D eigenvalue weighted by Gasteiger charge is 2.11. The highest BCUT2D eigenvalue weighted by molar-refractivity contribution is 5.38. The normalized spacial score (nSPS) is 12.5. The Kier molecular flexibility index (Phi) is 3.90. The standard InChI is InChI=1S/C15H21N3O/c1-10(16)8-13-6-5-7-14(9-13)19-15-11(2)17-18(4)12(15)3/h5-7,9-10H,8,16H2,1-4H3. The molecule has 1 atom stereocenters. The van der Waals surface area contributed by atoms with Crippen LogP contribution >= 0.6 is 0 Å². The van der Waals surface area contributed by atoms with Crippen molar-refractivity contribution in [2.75, 3.05) is 0 Å². The number of nitrogens with zero attached hydrogens (tertiary/aromatic N) is 2. The van der Waals surface area contributed by atoms with E-state index in [9.17, 15) is 0 Å². The fourth-order valence-electron chi connectivity index (χ4n) is 2.13. The van der Waals surface area contributed by atoms with Crippen LogP contribution in [0.5, 0.6) is 11.5 Å². The van der Waals surface area contributed by atoms with E-state index in [1.165, 1.54) is 5.56 Å². The summed E-state index contributed by atoms with van der Waals surface area (Å²) < 4.78 is 7.79. The summed E-state index contributed by atoms with van der Waals surface area (Å²) in [5.41, 5.74) is 8.94. The molecule has 1 heterocycles. The van der Waals surface area contributed by atoms with E-state index >= 15 is 0 Å². The van der Waals surface area contributed by atoms with Gasteiger partial charge in [-0.3, -0.25) is 4.68 Å². The molecule has 0 amide bonds. The van der Waals surface area contributed by atoms with E-state index in [-0.39, 0.29) is 6.04 Å². The topological polar surface area (TPSA) is 53.1 Å². The van der Waals surface area contributed by atoms with Crippen LogP contribution in [0.3, 0.4) is 0 Å². The summed E-state index contributed by atoms with van der Waals surface area (Å²) in [7, 11) is 1.92. The van der Waals surface area contributed by atoms with Gasteiger partial charge in [0, 0.05) is 13.1 Å². The lowest BCUT2D eigenvalue weighted by molar-refractivity contribution is 0.473. The zero-order valence-electron chi connectivity index (χ0n) is 12.0. The van der Waals surface area contributed by atoms with Crippen LogP contribution in [0.4, 0.5) is 0 Å². The molecule has 0 aliphatic carbocycles. The molecule has 0 saturated carbocycles. The predicted molar refractivity (Wildman–Crippen MR) is 76.6 cm³/mol. The number of aromatic nitrogens is 2. The molecule has 2 rings (SSSR count). The van der Waals surface area contributed by atoms with Crippen molar-refractivity contribution >= 4 is 0 Å². The Balaban J connectivity index is 2.23. The van der Waals surface area contributed by atoms with Gasteiger partial charge in [0.15, 0.2) is 5.75 Å². The largest absolute Gasteiger partial charge is 0.453 e. The number of hydrogen-bond acceptors (Lipinski definition) is 3. The second-order valence-corrected chi connectivity index (χ2v) is 5.05. The zero-order valence-corrected chi connectivity index (χ0v) is 12.0. The first-order chi connectivity index (χ1) is 8.97. The van der Waals surface area contributed by atoms with Crippen molar-refractivity contribution in [3.05, 3.63) is 41.2 Å². The van der Waals surface area contributed by atoms with Gasteiger partial charge in [0.25, 0.3) is 0 Å². The minimum absolute atomic E-state index is 0.150. The van der Waals surface area contributed by atoms with E-state index in [4.69, 9.17) is 10.5 Å². The van der Waals surface area contributed by atoms with Crippen LogP contribution in [0.15, 0.2) is 24.3 Å². The van der Waals surface area contributed by atoms with Crippen LogP contribution in [0.1, 0.15) is 23.9 Å². The number of hydrogen-bond donors (Lipinski definition) is 1. The average molecular weight is 259 g/mol. The maximum Gasteiger partial charge on any atom is 0.171 e. The highest BCUT2D eigenvalue weighted by atomic mass is 16.5. The van der Waals surface area contributed by atoms with Gasteiger partial charge in [-0.05, 0) is 44.9 Å². The Morgan fingerprint density at radius 3 is 2.68 bits per heavy atom. The summed E-state index contributed by atoms with van der Waals surface area (Å²) in [5, 5.41) is 4.35. The van der Waals surface area contributed by atoms with Crippen molar-refractivity contribution in [3.8, 4) is 11.5 Å². The van der Waals surface area contributed by atoms with E-state index in [0.717, 1.165) is 29.3 Å². The molecule has 0 aliphatic heterocycles. The number of rotatable bonds is 4. The molecule has 2 N–H and O–H groups in total. The van der Waals surface area contributed by atoms with Gasteiger partial charge >= 0.3 is 0 Å². The van der Waals surface area contributed by atoms with Crippen LogP contribution in [-0.4, -0.2) is 15.8 Å². The van der Waals surface area contributed by atoms with E-state index in [1.54, 1.807) is 0 Å². The summed E-state index contributed by atoms with van der Waals surface area (Å²) in [6.45, 7) is 5.96. The van der Waals surface area contributed by atoms with E-state index in [0.29, 0.717) is 0 Å². The van der Waals surface area contributed by atoms with Crippen LogP contribution in [-0.2, 0) is 13.5 Å². The van der Waals surface area contributed by atoms with Gasteiger partial charge in [0.05, 0.1) is 5.69 Å². The molecule has 19 heavy (non-hydrogen) atoms. The number of ether oxygens (including phenoxy) is 1. The lowest BCUT2D eigenvalue weighted by atomic mass is 10.1. The first-order valence-corrected chi connectivity index (χ1v) is 6.50. The van der Waals surface area contributed by atoms with E-state index in [2.05, 4.69) is 11.2 Å². The second kappa shape index (κ2) is 5.45. The average Bonchev–Trinajstić information content (AvgIpc) is 2.56. The van der Waals surface area contributed by atoms with Crippen LogP contribution in [0.2, 0.25) is 0 Å². The minimum Gasteiger partial charge on any atom is -0.453 e. The molecule has 0 radical (unpaired) electrons. The summed E-state index contributed by atoms with van der Waals surface area (Å²) in [6, 6.07) is 8.20. The van der Waals surface area contributed by atoms with Crippen molar-refractivity contribution in [1.29, 1.82) is 0 Å². The van der Waals surface area contributed by atoms with Crippen molar-refractivity contribution in [3.63, 3.8) is 0 Å². The monoisotopic (exact) mass is 259 g/mol. The summed E-state index contributed by atoms with van der Waals surface area (Å²) >= 11 is 0. The fourth-order valence-corrected chi connectivity index (χ4v) is 2.13. The first kappa shape index (κ1) is 13.6. The summed E-state index contributed by atoms with van der Waals surface area (Å²) in [5.74, 6) is 1.66. The van der Waals surface area contributed by atoms with Crippen molar-refractivity contribution in [2.45, 2.75) is 33.2 Å². The molecule has 0 aliphatic rings. The molecule has 0 saturated heterocycles. The molecule has 1 unspecified atom stereocenters.